The standard InChI is InChI=1S/C15H23ClN2O/c1-4-11(2)14-10-18(8-7-17-14)15-9-12(19-3)5-6-13(15)16/h5-6,9,11,14,17H,4,7-8,10H2,1-3H3. The summed E-state index contributed by atoms with van der Waals surface area (Å²) in [6.45, 7) is 7.53. The van der Waals surface area contributed by atoms with Crippen molar-refractivity contribution in [3.8, 4) is 5.75 Å². The number of benzene rings is 1. The first-order valence-electron chi connectivity index (χ1n) is 6.97. The molecule has 0 bridgehead atoms. The maximum atomic E-state index is 6.33. The topological polar surface area (TPSA) is 24.5 Å². The van der Waals surface area contributed by atoms with E-state index in [1.807, 2.05) is 18.2 Å². The van der Waals surface area contributed by atoms with Crippen LogP contribution in [0.3, 0.4) is 0 Å². The molecule has 1 N–H and O–H groups in total. The highest BCUT2D eigenvalue weighted by Crippen LogP contribution is 2.31. The summed E-state index contributed by atoms with van der Waals surface area (Å²) >= 11 is 6.33. The first-order valence-corrected chi connectivity index (χ1v) is 7.35. The highest BCUT2D eigenvalue weighted by Gasteiger charge is 2.24. The molecule has 2 unspecified atom stereocenters. The molecule has 0 amide bonds. The van der Waals surface area contributed by atoms with Crippen molar-refractivity contribution < 1.29 is 4.74 Å². The molecular formula is C15H23ClN2O. The van der Waals surface area contributed by atoms with Gasteiger partial charge in [0, 0.05) is 31.7 Å². The van der Waals surface area contributed by atoms with Gasteiger partial charge >= 0.3 is 0 Å². The molecule has 3 nitrogen and oxygen atoms in total. The number of nitrogens with zero attached hydrogens (tertiary/aromatic N) is 1. The lowest BCUT2D eigenvalue weighted by Crippen LogP contribution is -2.53. The van der Waals surface area contributed by atoms with Crippen LogP contribution in [0.5, 0.6) is 5.75 Å². The summed E-state index contributed by atoms with van der Waals surface area (Å²) < 4.78 is 5.30. The molecule has 0 aliphatic carbocycles. The Bertz CT molecular complexity index is 425. The molecule has 19 heavy (non-hydrogen) atoms. The Hall–Kier alpha value is -0.930. The van der Waals surface area contributed by atoms with Crippen LogP contribution in [-0.2, 0) is 0 Å². The molecule has 1 aliphatic heterocycles. The number of ether oxygens (including phenoxy) is 1. The van der Waals surface area contributed by atoms with Crippen molar-refractivity contribution in [3.63, 3.8) is 0 Å². The van der Waals surface area contributed by atoms with Gasteiger partial charge in [-0.2, -0.15) is 0 Å². The van der Waals surface area contributed by atoms with Crippen molar-refractivity contribution >= 4 is 17.3 Å². The van der Waals surface area contributed by atoms with E-state index in [4.69, 9.17) is 16.3 Å². The maximum absolute atomic E-state index is 6.33. The molecule has 0 saturated carbocycles. The van der Waals surface area contributed by atoms with Crippen LogP contribution >= 0.6 is 11.6 Å². The van der Waals surface area contributed by atoms with Crippen LogP contribution in [0.1, 0.15) is 20.3 Å². The van der Waals surface area contributed by atoms with E-state index in [1.54, 1.807) is 7.11 Å². The van der Waals surface area contributed by atoms with Gasteiger partial charge in [-0.05, 0) is 18.1 Å². The molecule has 0 spiro atoms. The van der Waals surface area contributed by atoms with E-state index in [1.165, 1.54) is 6.42 Å². The van der Waals surface area contributed by atoms with E-state index >= 15 is 0 Å². The third-order valence-electron chi connectivity index (χ3n) is 4.03. The highest BCUT2D eigenvalue weighted by molar-refractivity contribution is 6.33. The molecule has 4 heteroatoms. The molecule has 1 heterocycles. The quantitative estimate of drug-likeness (QED) is 0.918. The molecule has 1 aromatic rings. The minimum Gasteiger partial charge on any atom is -0.497 e. The molecule has 0 radical (unpaired) electrons. The van der Waals surface area contributed by atoms with E-state index in [-0.39, 0.29) is 0 Å². The molecule has 106 valence electrons. The summed E-state index contributed by atoms with van der Waals surface area (Å²) in [5.74, 6) is 1.53. The Balaban J connectivity index is 2.16. The fourth-order valence-corrected chi connectivity index (χ4v) is 2.76. The molecule has 2 atom stereocenters. The Kier molecular flexibility index (Phi) is 4.94. The second-order valence-electron chi connectivity index (χ2n) is 5.21. The van der Waals surface area contributed by atoms with Gasteiger partial charge in [-0.25, -0.2) is 0 Å². The van der Waals surface area contributed by atoms with Crippen LogP contribution in [0, 0.1) is 5.92 Å². The molecule has 1 saturated heterocycles. The monoisotopic (exact) mass is 282 g/mol. The number of piperazine rings is 1. The number of rotatable bonds is 4. The van der Waals surface area contributed by atoms with Gasteiger partial charge in [0.2, 0.25) is 0 Å². The summed E-state index contributed by atoms with van der Waals surface area (Å²) in [6.07, 6.45) is 1.19. The highest BCUT2D eigenvalue weighted by atomic mass is 35.5. The lowest BCUT2D eigenvalue weighted by atomic mass is 9.97. The zero-order valence-corrected chi connectivity index (χ0v) is 12.7. The molecule has 1 aliphatic rings. The van der Waals surface area contributed by atoms with Crippen LogP contribution in [-0.4, -0.2) is 32.8 Å². The lowest BCUT2D eigenvalue weighted by molar-refractivity contribution is 0.341. The first kappa shape index (κ1) is 14.5. The van der Waals surface area contributed by atoms with Gasteiger partial charge in [-0.3, -0.25) is 0 Å². The Morgan fingerprint density at radius 2 is 2.32 bits per heavy atom. The van der Waals surface area contributed by atoms with Gasteiger partial charge in [0.05, 0.1) is 17.8 Å². The van der Waals surface area contributed by atoms with Crippen molar-refractivity contribution in [2.45, 2.75) is 26.3 Å². The Morgan fingerprint density at radius 1 is 1.53 bits per heavy atom. The fourth-order valence-electron chi connectivity index (χ4n) is 2.52. The smallest absolute Gasteiger partial charge is 0.121 e. The van der Waals surface area contributed by atoms with Gasteiger partial charge in [-0.1, -0.05) is 31.9 Å². The zero-order valence-electron chi connectivity index (χ0n) is 11.9. The molecule has 1 aromatic carbocycles. The van der Waals surface area contributed by atoms with Crippen LogP contribution in [0.25, 0.3) is 0 Å². The third kappa shape index (κ3) is 3.34. The van der Waals surface area contributed by atoms with Crippen LogP contribution in [0.15, 0.2) is 18.2 Å². The van der Waals surface area contributed by atoms with Crippen molar-refractivity contribution in [2.75, 3.05) is 31.6 Å². The predicted octanol–water partition coefficient (Wildman–Crippen LogP) is 3.17. The normalized spacial score (nSPS) is 21.3. The summed E-state index contributed by atoms with van der Waals surface area (Å²) in [5.41, 5.74) is 1.08. The maximum Gasteiger partial charge on any atom is 0.121 e. The fraction of sp³-hybridized carbons (Fsp3) is 0.600. The van der Waals surface area contributed by atoms with Crippen LogP contribution in [0.4, 0.5) is 5.69 Å². The van der Waals surface area contributed by atoms with Crippen LogP contribution < -0.4 is 15.0 Å². The van der Waals surface area contributed by atoms with Gasteiger partial charge in [0.25, 0.3) is 0 Å². The number of methoxy groups -OCH3 is 1. The van der Waals surface area contributed by atoms with Crippen molar-refractivity contribution in [3.05, 3.63) is 23.2 Å². The predicted molar refractivity (Wildman–Crippen MR) is 81.5 cm³/mol. The summed E-state index contributed by atoms with van der Waals surface area (Å²) in [7, 11) is 1.69. The number of nitrogens with one attached hydrogen (secondary N) is 1. The average Bonchev–Trinajstić information content (AvgIpc) is 2.47. The minimum atomic E-state index is 0.529. The second-order valence-corrected chi connectivity index (χ2v) is 5.62. The lowest BCUT2D eigenvalue weighted by Gasteiger charge is -2.38. The van der Waals surface area contributed by atoms with Crippen molar-refractivity contribution in [1.82, 2.24) is 5.32 Å². The van der Waals surface area contributed by atoms with E-state index in [9.17, 15) is 0 Å². The Morgan fingerprint density at radius 3 is 3.00 bits per heavy atom. The Labute approximate surface area is 120 Å². The summed E-state index contributed by atoms with van der Waals surface area (Å²) in [6, 6.07) is 6.37. The van der Waals surface area contributed by atoms with Gasteiger partial charge < -0.3 is 15.0 Å². The average molecular weight is 283 g/mol. The number of hydrogen-bond acceptors (Lipinski definition) is 3. The van der Waals surface area contributed by atoms with Crippen LogP contribution in [0.2, 0.25) is 5.02 Å². The minimum absolute atomic E-state index is 0.529. The SMILES string of the molecule is CCC(C)C1CN(c2cc(OC)ccc2Cl)CCN1. The van der Waals surface area contributed by atoms with Crippen molar-refractivity contribution in [2.24, 2.45) is 5.92 Å². The summed E-state index contributed by atoms with van der Waals surface area (Å²) in [5, 5.41) is 4.40. The first-order chi connectivity index (χ1) is 9.15. The summed E-state index contributed by atoms with van der Waals surface area (Å²) in [4.78, 5) is 2.36. The second kappa shape index (κ2) is 6.49. The zero-order chi connectivity index (χ0) is 13.8. The van der Waals surface area contributed by atoms with Gasteiger partial charge in [0.1, 0.15) is 5.75 Å². The molecule has 2 rings (SSSR count). The molecular weight excluding hydrogens is 260 g/mol. The van der Waals surface area contributed by atoms with Gasteiger partial charge in [-0.15, -0.1) is 0 Å². The molecule has 0 aromatic heterocycles. The largest absolute Gasteiger partial charge is 0.497 e. The number of halogens is 1. The van der Waals surface area contributed by atoms with Gasteiger partial charge in [0.15, 0.2) is 0 Å². The van der Waals surface area contributed by atoms with Crippen molar-refractivity contribution in [1.29, 1.82) is 0 Å². The molecule has 1 fully saturated rings. The van der Waals surface area contributed by atoms with E-state index in [2.05, 4.69) is 24.1 Å². The number of hydrogen-bond donors (Lipinski definition) is 1. The van der Waals surface area contributed by atoms with E-state index in [0.29, 0.717) is 12.0 Å². The van der Waals surface area contributed by atoms with E-state index in [0.717, 1.165) is 36.1 Å². The third-order valence-corrected chi connectivity index (χ3v) is 4.35. The number of anilines is 1. The van der Waals surface area contributed by atoms with E-state index < -0.39 is 0 Å².